The average Bonchev–Trinajstić information content (AvgIpc) is 3.22. The number of rotatable bonds is 4. The first kappa shape index (κ1) is 18.4. The maximum atomic E-state index is 13.4. The Morgan fingerprint density at radius 1 is 1.11 bits per heavy atom. The summed E-state index contributed by atoms with van der Waals surface area (Å²) in [5, 5.41) is 5.08. The van der Waals surface area contributed by atoms with Crippen molar-refractivity contribution >= 4 is 32.6 Å². The van der Waals surface area contributed by atoms with E-state index in [4.69, 9.17) is 4.98 Å². The zero-order valence-corrected chi connectivity index (χ0v) is 17.2. The molecule has 1 amide bonds. The summed E-state index contributed by atoms with van der Waals surface area (Å²) in [6.45, 7) is 6.50. The highest BCUT2D eigenvalue weighted by atomic mass is 32.1. The Bertz CT molecular complexity index is 1160. The summed E-state index contributed by atoms with van der Waals surface area (Å²) in [4.78, 5) is 20.0. The van der Waals surface area contributed by atoms with Crippen molar-refractivity contribution in [1.82, 2.24) is 14.8 Å². The van der Waals surface area contributed by atoms with Gasteiger partial charge in [-0.25, -0.2) is 4.98 Å². The lowest BCUT2D eigenvalue weighted by atomic mass is 10.1. The van der Waals surface area contributed by atoms with Crippen LogP contribution in [0.25, 0.3) is 10.2 Å². The number of carbonyl (C=O) groups excluding carboxylic acids is 1. The number of anilines is 1. The third-order valence-corrected chi connectivity index (χ3v) is 5.72. The van der Waals surface area contributed by atoms with Gasteiger partial charge in [-0.15, -0.1) is 0 Å². The fraction of sp³-hybridized carbons (Fsp3) is 0.227. The Morgan fingerprint density at radius 2 is 1.86 bits per heavy atom. The fourth-order valence-electron chi connectivity index (χ4n) is 3.41. The van der Waals surface area contributed by atoms with Crippen LogP contribution in [0, 0.1) is 20.8 Å². The molecule has 6 heteroatoms. The van der Waals surface area contributed by atoms with Gasteiger partial charge in [0.25, 0.3) is 5.91 Å². The van der Waals surface area contributed by atoms with Crippen LogP contribution in [-0.2, 0) is 13.6 Å². The number of amides is 1. The van der Waals surface area contributed by atoms with Gasteiger partial charge in [0.05, 0.1) is 16.8 Å². The molecular formula is C22H22N4OS. The zero-order chi connectivity index (χ0) is 19.8. The molecule has 28 heavy (non-hydrogen) atoms. The van der Waals surface area contributed by atoms with E-state index in [1.165, 1.54) is 5.56 Å². The Morgan fingerprint density at radius 3 is 2.54 bits per heavy atom. The molecule has 0 aliphatic carbocycles. The van der Waals surface area contributed by atoms with Crippen molar-refractivity contribution in [2.45, 2.75) is 27.3 Å². The van der Waals surface area contributed by atoms with Crippen LogP contribution < -0.4 is 4.90 Å². The molecule has 0 aliphatic rings. The molecule has 2 aromatic heterocycles. The standard InChI is InChI=1S/C22H22N4OS/c1-14-10-15(2)19-18(11-14)28-22(23-19)26(13-17-8-6-5-7-9-17)21(27)20-16(3)12-25(4)24-20/h5-12H,13H2,1-4H3. The fourth-order valence-corrected chi connectivity index (χ4v) is 4.55. The van der Waals surface area contributed by atoms with E-state index >= 15 is 0 Å². The van der Waals surface area contributed by atoms with E-state index in [9.17, 15) is 4.79 Å². The van der Waals surface area contributed by atoms with Gasteiger partial charge in [-0.2, -0.15) is 5.10 Å². The number of carbonyl (C=O) groups is 1. The van der Waals surface area contributed by atoms with Crippen LogP contribution in [0.4, 0.5) is 5.13 Å². The second kappa shape index (κ2) is 7.20. The van der Waals surface area contributed by atoms with E-state index in [1.54, 1.807) is 20.9 Å². The summed E-state index contributed by atoms with van der Waals surface area (Å²) in [5.74, 6) is -0.129. The molecule has 4 aromatic rings. The molecule has 5 nitrogen and oxygen atoms in total. The van der Waals surface area contributed by atoms with Gasteiger partial charge >= 0.3 is 0 Å². The van der Waals surface area contributed by atoms with Gasteiger partial charge in [-0.3, -0.25) is 14.4 Å². The molecule has 0 atom stereocenters. The van der Waals surface area contributed by atoms with E-state index in [2.05, 4.69) is 31.1 Å². The topological polar surface area (TPSA) is 51.0 Å². The summed E-state index contributed by atoms with van der Waals surface area (Å²) >= 11 is 1.55. The van der Waals surface area contributed by atoms with Crippen molar-refractivity contribution in [2.24, 2.45) is 7.05 Å². The first-order valence-electron chi connectivity index (χ1n) is 9.16. The number of hydrogen-bond donors (Lipinski definition) is 0. The lowest BCUT2D eigenvalue weighted by Crippen LogP contribution is -2.31. The number of hydrogen-bond acceptors (Lipinski definition) is 4. The molecule has 4 rings (SSSR count). The number of thiazole rings is 1. The van der Waals surface area contributed by atoms with E-state index in [0.717, 1.165) is 26.9 Å². The predicted octanol–water partition coefficient (Wildman–Crippen LogP) is 4.80. The molecule has 0 radical (unpaired) electrons. The molecule has 0 saturated carbocycles. The molecule has 0 bridgehead atoms. The third-order valence-electron chi connectivity index (χ3n) is 4.69. The van der Waals surface area contributed by atoms with Gasteiger partial charge in [-0.05, 0) is 43.5 Å². The summed E-state index contributed by atoms with van der Waals surface area (Å²) in [6, 6.07) is 14.2. The number of nitrogens with zero attached hydrogens (tertiary/aromatic N) is 4. The Kier molecular flexibility index (Phi) is 4.73. The molecule has 0 aliphatic heterocycles. The first-order chi connectivity index (χ1) is 13.4. The largest absolute Gasteiger partial charge is 0.281 e. The highest BCUT2D eigenvalue weighted by Crippen LogP contribution is 2.33. The van der Waals surface area contributed by atoms with Crippen LogP contribution >= 0.6 is 11.3 Å². The van der Waals surface area contributed by atoms with Gasteiger partial charge in [0, 0.05) is 18.8 Å². The minimum atomic E-state index is -0.129. The molecule has 2 aromatic carbocycles. The Hall–Kier alpha value is -2.99. The quantitative estimate of drug-likeness (QED) is 0.503. The molecule has 0 saturated heterocycles. The van der Waals surface area contributed by atoms with E-state index in [0.29, 0.717) is 17.4 Å². The summed E-state index contributed by atoms with van der Waals surface area (Å²) < 4.78 is 2.77. The van der Waals surface area contributed by atoms with Crippen molar-refractivity contribution < 1.29 is 4.79 Å². The first-order valence-corrected chi connectivity index (χ1v) is 9.98. The van der Waals surface area contributed by atoms with Gasteiger partial charge in [-0.1, -0.05) is 47.7 Å². The van der Waals surface area contributed by atoms with E-state index in [-0.39, 0.29) is 5.91 Å². The molecule has 0 N–H and O–H groups in total. The Labute approximate surface area is 168 Å². The van der Waals surface area contributed by atoms with Crippen molar-refractivity contribution in [3.05, 3.63) is 76.6 Å². The van der Waals surface area contributed by atoms with Gasteiger partial charge in [0.2, 0.25) is 0 Å². The van der Waals surface area contributed by atoms with E-state index in [1.807, 2.05) is 50.5 Å². The Balaban J connectivity index is 1.82. The molecule has 0 spiro atoms. The van der Waals surface area contributed by atoms with Crippen LogP contribution in [0.15, 0.2) is 48.7 Å². The number of fused-ring (bicyclic) bond motifs is 1. The normalized spacial score (nSPS) is 11.1. The second-order valence-corrected chi connectivity index (χ2v) is 8.15. The summed E-state index contributed by atoms with van der Waals surface area (Å²) in [5.41, 5.74) is 5.65. The van der Waals surface area contributed by atoms with E-state index < -0.39 is 0 Å². The highest BCUT2D eigenvalue weighted by molar-refractivity contribution is 7.22. The maximum Gasteiger partial charge on any atom is 0.281 e. The van der Waals surface area contributed by atoms with Crippen LogP contribution in [0.1, 0.15) is 32.7 Å². The SMILES string of the molecule is Cc1cc(C)c2nc(N(Cc3ccccc3)C(=O)c3nn(C)cc3C)sc2c1. The van der Waals surface area contributed by atoms with Crippen LogP contribution in [0.2, 0.25) is 0 Å². The average molecular weight is 391 g/mol. The van der Waals surface area contributed by atoms with Gasteiger partial charge in [0.15, 0.2) is 10.8 Å². The zero-order valence-electron chi connectivity index (χ0n) is 16.4. The number of aromatic nitrogens is 3. The van der Waals surface area contributed by atoms with Crippen molar-refractivity contribution in [1.29, 1.82) is 0 Å². The minimum Gasteiger partial charge on any atom is -0.278 e. The molecule has 2 heterocycles. The minimum absolute atomic E-state index is 0.129. The molecule has 142 valence electrons. The summed E-state index contributed by atoms with van der Waals surface area (Å²) in [7, 11) is 1.83. The predicted molar refractivity (Wildman–Crippen MR) is 114 cm³/mol. The lowest BCUT2D eigenvalue weighted by molar-refractivity contribution is 0.0979. The third kappa shape index (κ3) is 3.43. The monoisotopic (exact) mass is 390 g/mol. The molecule has 0 fully saturated rings. The number of benzene rings is 2. The van der Waals surface area contributed by atoms with Crippen molar-refractivity contribution in [2.75, 3.05) is 4.90 Å². The highest BCUT2D eigenvalue weighted by Gasteiger charge is 2.25. The van der Waals surface area contributed by atoms with Gasteiger partial charge in [0.1, 0.15) is 0 Å². The van der Waals surface area contributed by atoms with Crippen LogP contribution in [-0.4, -0.2) is 20.7 Å². The maximum absolute atomic E-state index is 13.4. The smallest absolute Gasteiger partial charge is 0.278 e. The molecule has 0 unspecified atom stereocenters. The second-order valence-electron chi connectivity index (χ2n) is 7.14. The molecular weight excluding hydrogens is 368 g/mol. The van der Waals surface area contributed by atoms with Crippen LogP contribution in [0.3, 0.4) is 0 Å². The van der Waals surface area contributed by atoms with Crippen molar-refractivity contribution in [3.8, 4) is 0 Å². The van der Waals surface area contributed by atoms with Crippen molar-refractivity contribution in [3.63, 3.8) is 0 Å². The van der Waals surface area contributed by atoms with Gasteiger partial charge < -0.3 is 0 Å². The summed E-state index contributed by atoms with van der Waals surface area (Å²) in [6.07, 6.45) is 1.86. The number of aryl methyl sites for hydroxylation is 4. The lowest BCUT2D eigenvalue weighted by Gasteiger charge is -2.19. The van der Waals surface area contributed by atoms with Crippen LogP contribution in [0.5, 0.6) is 0 Å².